The van der Waals surface area contributed by atoms with Crippen LogP contribution in [-0.4, -0.2) is 36.5 Å². The molecule has 0 spiro atoms. The van der Waals surface area contributed by atoms with Crippen LogP contribution < -0.4 is 10.6 Å². The number of hydrogen-bond donors (Lipinski definition) is 2. The number of nitrogens with zero attached hydrogens (tertiary/aromatic N) is 1. The van der Waals surface area contributed by atoms with Gasteiger partial charge in [-0.2, -0.15) is 0 Å². The fourth-order valence-corrected chi connectivity index (χ4v) is 4.66. The van der Waals surface area contributed by atoms with E-state index in [9.17, 15) is 14.4 Å². The molecule has 0 aromatic heterocycles. The molecule has 1 aliphatic rings. The van der Waals surface area contributed by atoms with Crippen molar-refractivity contribution in [3.63, 3.8) is 0 Å². The highest BCUT2D eigenvalue weighted by Gasteiger charge is 2.36. The van der Waals surface area contributed by atoms with Gasteiger partial charge in [-0.05, 0) is 42.2 Å². The van der Waals surface area contributed by atoms with Gasteiger partial charge in [-0.1, -0.05) is 79.7 Å². The molecule has 3 aromatic carbocycles. The summed E-state index contributed by atoms with van der Waals surface area (Å²) >= 11 is 0. The molecule has 1 atom stereocenters. The summed E-state index contributed by atoms with van der Waals surface area (Å²) in [5.41, 5.74) is 4.08. The minimum Gasteiger partial charge on any atom is -0.466 e. The van der Waals surface area contributed by atoms with Crippen molar-refractivity contribution in [2.75, 3.05) is 19.0 Å². The second-order valence-corrected chi connectivity index (χ2v) is 8.89. The molecule has 0 radical (unpaired) electrons. The Hall–Kier alpha value is -4.39. The maximum atomic E-state index is 13.4. The molecule has 0 bridgehead atoms. The van der Waals surface area contributed by atoms with Crippen LogP contribution in [0.2, 0.25) is 0 Å². The van der Waals surface area contributed by atoms with E-state index in [1.165, 1.54) is 7.11 Å². The van der Waals surface area contributed by atoms with E-state index >= 15 is 0 Å². The highest BCUT2D eigenvalue weighted by Crippen LogP contribution is 2.32. The Balaban J connectivity index is 1.59. The molecule has 0 saturated heterocycles. The first-order valence-electron chi connectivity index (χ1n) is 12.3. The van der Waals surface area contributed by atoms with Crippen molar-refractivity contribution in [2.45, 2.75) is 32.2 Å². The zero-order valence-electron chi connectivity index (χ0n) is 21.2. The number of nitrogens with one attached hydrogen (secondary N) is 2. The van der Waals surface area contributed by atoms with Crippen LogP contribution in [0.3, 0.4) is 0 Å². The van der Waals surface area contributed by atoms with E-state index in [0.29, 0.717) is 29.1 Å². The number of benzene rings is 3. The monoisotopic (exact) mass is 497 g/mol. The van der Waals surface area contributed by atoms with Crippen molar-refractivity contribution in [1.29, 1.82) is 0 Å². The Labute approximate surface area is 217 Å². The van der Waals surface area contributed by atoms with E-state index in [1.54, 1.807) is 36.1 Å². The van der Waals surface area contributed by atoms with Crippen LogP contribution in [0.15, 0.2) is 96.2 Å². The minimum absolute atomic E-state index is 0.155. The Morgan fingerprint density at radius 1 is 0.946 bits per heavy atom. The minimum atomic E-state index is -0.654. The van der Waals surface area contributed by atoms with E-state index in [4.69, 9.17) is 4.74 Å². The van der Waals surface area contributed by atoms with Crippen molar-refractivity contribution in [1.82, 2.24) is 10.2 Å². The summed E-state index contributed by atoms with van der Waals surface area (Å²) in [5.74, 6) is -1.12. The van der Waals surface area contributed by atoms with Gasteiger partial charge in [0.2, 0.25) is 5.91 Å². The van der Waals surface area contributed by atoms with Gasteiger partial charge in [-0.3, -0.25) is 9.69 Å². The highest BCUT2D eigenvalue weighted by molar-refractivity contribution is 5.98. The number of esters is 1. The van der Waals surface area contributed by atoms with E-state index in [0.717, 1.165) is 17.5 Å². The maximum absolute atomic E-state index is 13.4. The number of rotatable bonds is 8. The van der Waals surface area contributed by atoms with E-state index in [2.05, 4.69) is 10.6 Å². The number of allylic oxidation sites excluding steroid dienone is 1. The van der Waals surface area contributed by atoms with Crippen molar-refractivity contribution >= 4 is 23.6 Å². The van der Waals surface area contributed by atoms with Crippen LogP contribution in [0.1, 0.15) is 48.9 Å². The van der Waals surface area contributed by atoms with Crippen LogP contribution in [0.25, 0.3) is 0 Å². The van der Waals surface area contributed by atoms with Gasteiger partial charge in [0.25, 0.3) is 0 Å². The second-order valence-electron chi connectivity index (χ2n) is 8.89. The first kappa shape index (κ1) is 25.7. The van der Waals surface area contributed by atoms with Gasteiger partial charge in [0.15, 0.2) is 0 Å². The molecule has 4 rings (SSSR count). The molecule has 7 nitrogen and oxygen atoms in total. The Kier molecular flexibility index (Phi) is 8.03. The topological polar surface area (TPSA) is 87.7 Å². The smallest absolute Gasteiger partial charge is 0.337 e. The van der Waals surface area contributed by atoms with Crippen LogP contribution in [0, 0.1) is 0 Å². The van der Waals surface area contributed by atoms with Crippen LogP contribution in [-0.2, 0) is 14.3 Å². The molecule has 0 saturated carbocycles. The summed E-state index contributed by atoms with van der Waals surface area (Å²) in [4.78, 5) is 40.4. The molecule has 3 aromatic rings. The van der Waals surface area contributed by atoms with E-state index < -0.39 is 17.9 Å². The van der Waals surface area contributed by atoms with Gasteiger partial charge in [-0.25, -0.2) is 9.59 Å². The third-order valence-corrected chi connectivity index (χ3v) is 6.49. The average Bonchev–Trinajstić information content (AvgIpc) is 2.92. The van der Waals surface area contributed by atoms with Crippen LogP contribution in [0.5, 0.6) is 0 Å². The zero-order chi connectivity index (χ0) is 26.4. The maximum Gasteiger partial charge on any atom is 0.337 e. The number of carbonyl (C=O) groups excluding carboxylic acids is 3. The van der Waals surface area contributed by atoms with Crippen molar-refractivity contribution in [3.05, 3.63) is 113 Å². The Bertz CT molecular complexity index is 1250. The van der Waals surface area contributed by atoms with Crippen LogP contribution in [0.4, 0.5) is 10.5 Å². The molecule has 1 unspecified atom stereocenters. The van der Waals surface area contributed by atoms with Gasteiger partial charge in [0.1, 0.15) is 0 Å². The van der Waals surface area contributed by atoms with Gasteiger partial charge in [-0.15, -0.1) is 0 Å². The molecular formula is C30H31N3O4. The lowest BCUT2D eigenvalue weighted by atomic mass is 9.90. The molecule has 1 heterocycles. The number of hydrogen-bond acceptors (Lipinski definition) is 4. The molecule has 37 heavy (non-hydrogen) atoms. The first-order chi connectivity index (χ1) is 17.9. The van der Waals surface area contributed by atoms with E-state index in [-0.39, 0.29) is 11.9 Å². The van der Waals surface area contributed by atoms with E-state index in [1.807, 2.05) is 67.6 Å². The van der Waals surface area contributed by atoms with Crippen molar-refractivity contribution in [2.24, 2.45) is 0 Å². The van der Waals surface area contributed by atoms with Gasteiger partial charge >= 0.3 is 12.0 Å². The Morgan fingerprint density at radius 3 is 2.03 bits per heavy atom. The molecule has 190 valence electrons. The number of ether oxygens (including phenoxy) is 1. The third-order valence-electron chi connectivity index (χ3n) is 6.49. The number of carbonyl (C=O) groups is 3. The third kappa shape index (κ3) is 5.56. The molecule has 0 aliphatic carbocycles. The summed E-state index contributed by atoms with van der Waals surface area (Å²) in [6.45, 7) is 4.23. The predicted molar refractivity (Wildman–Crippen MR) is 143 cm³/mol. The predicted octanol–water partition coefficient (Wildman–Crippen LogP) is 5.38. The largest absolute Gasteiger partial charge is 0.466 e. The first-order valence-corrected chi connectivity index (χ1v) is 12.3. The lowest BCUT2D eigenvalue weighted by Crippen LogP contribution is -2.48. The second kappa shape index (κ2) is 11.6. The number of amides is 3. The lowest BCUT2D eigenvalue weighted by molar-refractivity contribution is -0.136. The summed E-state index contributed by atoms with van der Waals surface area (Å²) in [6, 6.07) is 25.5. The summed E-state index contributed by atoms with van der Waals surface area (Å²) in [5, 5.41) is 5.94. The SMILES string of the molecule is CCCN1C(=O)NC(c2ccc(NC(=O)C(c3ccccc3)c3ccccc3)cc2)C(C(=O)OC)=C1C. The normalized spacial score (nSPS) is 15.4. The molecule has 7 heteroatoms. The standard InChI is InChI=1S/C30H31N3O4/c1-4-19-33-20(2)25(29(35)37-3)27(32-30(33)36)23-15-17-24(18-16-23)31-28(34)26(21-11-7-5-8-12-21)22-13-9-6-10-14-22/h5-18,26-27H,4,19H2,1-3H3,(H,31,34)(H,32,36). The molecule has 2 N–H and O–H groups in total. The molecular weight excluding hydrogens is 466 g/mol. The highest BCUT2D eigenvalue weighted by atomic mass is 16.5. The number of anilines is 1. The number of urea groups is 1. The lowest BCUT2D eigenvalue weighted by Gasteiger charge is -2.35. The summed E-state index contributed by atoms with van der Waals surface area (Å²) in [7, 11) is 1.33. The zero-order valence-corrected chi connectivity index (χ0v) is 21.2. The molecule has 0 fully saturated rings. The average molecular weight is 498 g/mol. The fraction of sp³-hybridized carbons (Fsp3) is 0.233. The number of methoxy groups -OCH3 is 1. The quantitative estimate of drug-likeness (QED) is 0.409. The fourth-order valence-electron chi connectivity index (χ4n) is 4.66. The molecule has 3 amide bonds. The Morgan fingerprint density at radius 2 is 1.51 bits per heavy atom. The van der Waals surface area contributed by atoms with Crippen molar-refractivity contribution < 1.29 is 19.1 Å². The summed E-state index contributed by atoms with van der Waals surface area (Å²) < 4.78 is 5.03. The van der Waals surface area contributed by atoms with Crippen molar-refractivity contribution in [3.8, 4) is 0 Å². The van der Waals surface area contributed by atoms with Gasteiger partial charge in [0, 0.05) is 17.9 Å². The van der Waals surface area contributed by atoms with Gasteiger partial charge in [0.05, 0.1) is 24.6 Å². The molecule has 1 aliphatic heterocycles. The van der Waals surface area contributed by atoms with Crippen LogP contribution >= 0.6 is 0 Å². The summed E-state index contributed by atoms with van der Waals surface area (Å²) in [6.07, 6.45) is 0.755. The van der Waals surface area contributed by atoms with Gasteiger partial charge < -0.3 is 15.4 Å².